The van der Waals surface area contributed by atoms with Crippen LogP contribution >= 0.6 is 24.2 Å². The quantitative estimate of drug-likeness (QED) is 0.123. The number of aliphatic hydroxyl groups is 1. The zero-order valence-electron chi connectivity index (χ0n) is 35.8. The molecule has 1 atom stereocenters. The SMILES string of the molecule is COc1cc2nc(N3CCN(C(=O)C4CCCO4)CC3)nc(N)c2cc1OC.Cl.O=C(O)/C=C/C(=O)O.OCCOCCN1CCN(C2=Nc3ccccc3Sc3ccccc32)CC1. The monoisotopic (exact) mass is 922 g/mol. The first-order chi connectivity index (χ1) is 30.6. The van der Waals surface area contributed by atoms with Crippen LogP contribution < -0.4 is 20.1 Å². The smallest absolute Gasteiger partial charge is 0.328 e. The second kappa shape index (κ2) is 24.4. The molecular weight excluding hydrogens is 868 g/mol. The number of carboxylic acids is 2. The number of para-hydroxylation sites is 1. The van der Waals surface area contributed by atoms with Gasteiger partial charge >= 0.3 is 11.9 Å². The highest BCUT2D eigenvalue weighted by Crippen LogP contribution is 2.40. The van der Waals surface area contributed by atoms with Crippen LogP contribution in [0.15, 0.2) is 87.6 Å². The molecule has 5 heterocycles. The van der Waals surface area contributed by atoms with Crippen LogP contribution in [-0.2, 0) is 23.9 Å². The third-order valence-electron chi connectivity index (χ3n) is 10.6. The highest BCUT2D eigenvalue weighted by Gasteiger charge is 2.31. The molecule has 1 aromatic heterocycles. The minimum absolute atomic E-state index is 0. The number of nitrogens with zero attached hydrogens (tertiary/aromatic N) is 7. The van der Waals surface area contributed by atoms with Gasteiger partial charge < -0.3 is 54.7 Å². The van der Waals surface area contributed by atoms with Crippen molar-refractivity contribution in [3.05, 3.63) is 78.4 Å². The predicted octanol–water partition coefficient (Wildman–Crippen LogP) is 4.05. The lowest BCUT2D eigenvalue weighted by atomic mass is 10.1. The molecule has 3 aromatic carbocycles. The van der Waals surface area contributed by atoms with E-state index >= 15 is 0 Å². The lowest BCUT2D eigenvalue weighted by Crippen LogP contribution is -2.51. The van der Waals surface area contributed by atoms with Gasteiger partial charge in [0.25, 0.3) is 5.91 Å². The third-order valence-corrected chi connectivity index (χ3v) is 11.7. The number of fused-ring (bicyclic) bond motifs is 3. The van der Waals surface area contributed by atoms with E-state index in [1.807, 2.05) is 9.80 Å². The van der Waals surface area contributed by atoms with Crippen LogP contribution in [0.1, 0.15) is 18.4 Å². The molecule has 3 fully saturated rings. The molecule has 5 N–H and O–H groups in total. The number of anilines is 2. The Hall–Kier alpha value is -5.70. The molecule has 20 heteroatoms. The molecule has 1 amide bonds. The molecule has 0 bridgehead atoms. The average molecular weight is 923 g/mol. The first kappa shape index (κ1) is 49.3. The van der Waals surface area contributed by atoms with Gasteiger partial charge in [0, 0.05) is 104 Å². The van der Waals surface area contributed by atoms with E-state index in [-0.39, 0.29) is 31.0 Å². The molecular formula is C44H55ClN8O10S. The number of ether oxygens (including phenoxy) is 4. The zero-order valence-corrected chi connectivity index (χ0v) is 37.5. The predicted molar refractivity (Wildman–Crippen MR) is 246 cm³/mol. The minimum atomic E-state index is -1.26. The standard InChI is InChI=1S/C21H25N3O2S.C19H25N5O4.C4H4O4.ClH/c25-14-16-26-15-13-23-9-11-24(12-10-23)21-17-5-1-3-7-19(17)27-20-8-4-2-6-18(20)22-21;1-26-15-10-12-13(11-16(15)27-2)21-19(22-17(12)20)24-7-5-23(6-8-24)18(25)14-4-3-9-28-14;5-3(6)1-2-4(7)8;/h1-8,25H,9-16H2;10-11,14H,3-9H2,1-2H3,(H2,20,21,22);1-2H,(H,5,6)(H,7,8);1H/b;;2-1+;. The minimum Gasteiger partial charge on any atom is -0.493 e. The van der Waals surface area contributed by atoms with Gasteiger partial charge in [0.05, 0.1) is 45.2 Å². The van der Waals surface area contributed by atoms with Crippen molar-refractivity contribution in [1.82, 2.24) is 24.7 Å². The number of halogens is 1. The number of methoxy groups -OCH3 is 2. The fraction of sp³-hybridized carbons (Fsp3) is 0.409. The largest absolute Gasteiger partial charge is 0.493 e. The molecule has 8 rings (SSSR count). The van der Waals surface area contributed by atoms with Gasteiger partial charge in [0.1, 0.15) is 17.8 Å². The number of rotatable bonds is 11. The van der Waals surface area contributed by atoms with Crippen molar-refractivity contribution in [2.45, 2.75) is 28.7 Å². The van der Waals surface area contributed by atoms with E-state index < -0.39 is 11.9 Å². The number of aliphatic imine (C=N–C) groups is 1. The second-order valence-electron chi connectivity index (χ2n) is 14.6. The summed E-state index contributed by atoms with van der Waals surface area (Å²) >= 11 is 1.80. The molecule has 0 aliphatic carbocycles. The van der Waals surface area contributed by atoms with Gasteiger partial charge in [-0.15, -0.1) is 12.4 Å². The molecule has 0 saturated carbocycles. The molecule has 4 aromatic rings. The maximum atomic E-state index is 12.5. The Morgan fingerprint density at radius 3 is 2.12 bits per heavy atom. The van der Waals surface area contributed by atoms with Gasteiger partial charge in [-0.05, 0) is 37.1 Å². The Balaban J connectivity index is 0.000000204. The first-order valence-corrected chi connectivity index (χ1v) is 21.5. The molecule has 18 nitrogen and oxygen atoms in total. The van der Waals surface area contributed by atoms with Crippen LogP contribution in [0.3, 0.4) is 0 Å². The zero-order chi connectivity index (χ0) is 44.7. The Labute approximate surface area is 382 Å². The van der Waals surface area contributed by atoms with Gasteiger partial charge in [0.2, 0.25) is 5.95 Å². The molecule has 4 aliphatic heterocycles. The number of carbonyl (C=O) groups is 3. The van der Waals surface area contributed by atoms with Crippen LogP contribution in [-0.4, -0.2) is 169 Å². The molecule has 0 spiro atoms. The number of nitrogen functional groups attached to an aromatic ring is 1. The highest BCUT2D eigenvalue weighted by atomic mass is 35.5. The van der Waals surface area contributed by atoms with Gasteiger partial charge in [0.15, 0.2) is 11.5 Å². The van der Waals surface area contributed by atoms with Crippen molar-refractivity contribution >= 4 is 76.2 Å². The maximum Gasteiger partial charge on any atom is 0.328 e. The number of carboxylic acid groups (broad SMARTS) is 2. The molecule has 1 unspecified atom stereocenters. The molecule has 3 saturated heterocycles. The van der Waals surface area contributed by atoms with E-state index in [0.29, 0.717) is 92.3 Å². The molecule has 64 heavy (non-hydrogen) atoms. The summed E-state index contributed by atoms with van der Waals surface area (Å²) in [4.78, 5) is 57.0. The summed E-state index contributed by atoms with van der Waals surface area (Å²) in [5.74, 6) is 0.776. The number of aliphatic hydroxyl groups excluding tert-OH is 1. The summed E-state index contributed by atoms with van der Waals surface area (Å²) in [7, 11) is 3.16. The number of amides is 1. The van der Waals surface area contributed by atoms with Gasteiger partial charge in [-0.1, -0.05) is 42.1 Å². The molecule has 344 valence electrons. The third kappa shape index (κ3) is 13.2. The number of nitrogens with two attached hydrogens (primary N) is 1. The van der Waals surface area contributed by atoms with Crippen LogP contribution in [0, 0.1) is 0 Å². The van der Waals surface area contributed by atoms with Crippen molar-refractivity contribution in [1.29, 1.82) is 0 Å². The number of aromatic nitrogens is 2. The number of benzene rings is 3. The van der Waals surface area contributed by atoms with Crippen molar-refractivity contribution in [3.8, 4) is 11.5 Å². The normalized spacial score (nSPS) is 17.1. The highest BCUT2D eigenvalue weighted by molar-refractivity contribution is 7.99. The Bertz CT molecular complexity index is 2250. The lowest BCUT2D eigenvalue weighted by Gasteiger charge is -2.36. The number of aliphatic carboxylic acids is 2. The fourth-order valence-electron chi connectivity index (χ4n) is 7.31. The number of carbonyl (C=O) groups excluding carboxylic acids is 1. The number of piperazine rings is 2. The summed E-state index contributed by atoms with van der Waals surface area (Å²) in [5.41, 5.74) is 9.14. The van der Waals surface area contributed by atoms with Crippen LogP contribution in [0.2, 0.25) is 0 Å². The lowest BCUT2D eigenvalue weighted by molar-refractivity contribution is -0.141. The van der Waals surface area contributed by atoms with Crippen molar-refractivity contribution in [3.63, 3.8) is 0 Å². The van der Waals surface area contributed by atoms with Crippen LogP contribution in [0.4, 0.5) is 17.5 Å². The Kier molecular flexibility index (Phi) is 18.8. The van der Waals surface area contributed by atoms with Crippen molar-refractivity contribution < 1.29 is 48.7 Å². The van der Waals surface area contributed by atoms with Gasteiger partial charge in [-0.25, -0.2) is 19.6 Å². The van der Waals surface area contributed by atoms with Crippen LogP contribution in [0.25, 0.3) is 10.9 Å². The summed E-state index contributed by atoms with van der Waals surface area (Å²) < 4.78 is 21.6. The Morgan fingerprint density at radius 2 is 1.48 bits per heavy atom. The van der Waals surface area contributed by atoms with E-state index in [4.69, 9.17) is 45.0 Å². The van der Waals surface area contributed by atoms with E-state index in [1.54, 1.807) is 38.1 Å². The van der Waals surface area contributed by atoms with E-state index in [1.165, 1.54) is 15.4 Å². The summed E-state index contributed by atoms with van der Waals surface area (Å²) in [6.45, 7) is 9.22. The summed E-state index contributed by atoms with van der Waals surface area (Å²) in [6.07, 6.45) is 2.61. The number of hydrogen-bond donors (Lipinski definition) is 4. The fourth-order valence-corrected chi connectivity index (χ4v) is 8.32. The number of amidine groups is 1. The molecule has 4 aliphatic rings. The molecule has 0 radical (unpaired) electrons. The first-order valence-electron chi connectivity index (χ1n) is 20.7. The Morgan fingerprint density at radius 1 is 0.844 bits per heavy atom. The van der Waals surface area contributed by atoms with Gasteiger partial charge in [-0.2, -0.15) is 4.98 Å². The summed E-state index contributed by atoms with van der Waals surface area (Å²) in [6, 6.07) is 20.5. The van der Waals surface area contributed by atoms with E-state index in [0.717, 1.165) is 57.1 Å². The van der Waals surface area contributed by atoms with E-state index in [2.05, 4.69) is 68.3 Å². The van der Waals surface area contributed by atoms with E-state index in [9.17, 15) is 14.4 Å². The number of hydrogen-bond acceptors (Lipinski definition) is 16. The topological polar surface area (TPSA) is 226 Å². The van der Waals surface area contributed by atoms with Gasteiger partial charge in [-0.3, -0.25) is 9.69 Å². The second-order valence-corrected chi connectivity index (χ2v) is 15.7. The van der Waals surface area contributed by atoms with Crippen molar-refractivity contribution in [2.24, 2.45) is 4.99 Å². The van der Waals surface area contributed by atoms with Crippen LogP contribution in [0.5, 0.6) is 11.5 Å². The van der Waals surface area contributed by atoms with Crippen molar-refractivity contribution in [2.75, 3.05) is 110 Å². The maximum absolute atomic E-state index is 12.5. The average Bonchev–Trinajstić information content (AvgIpc) is 3.79. The summed E-state index contributed by atoms with van der Waals surface area (Å²) in [5, 5.41) is 25.1.